The highest BCUT2D eigenvalue weighted by Crippen LogP contribution is 2.36. The van der Waals surface area contributed by atoms with Gasteiger partial charge >= 0.3 is 30.5 Å². The predicted molar refractivity (Wildman–Crippen MR) is 261 cm³/mol. The van der Waals surface area contributed by atoms with E-state index in [9.17, 15) is 59.7 Å². The van der Waals surface area contributed by atoms with Gasteiger partial charge in [-0.2, -0.15) is 0 Å². The molecule has 4 fully saturated rings. The lowest BCUT2D eigenvalue weighted by atomic mass is 9.83. The van der Waals surface area contributed by atoms with E-state index in [1.165, 1.54) is 6.92 Å². The van der Waals surface area contributed by atoms with Gasteiger partial charge in [0, 0.05) is 6.54 Å². The van der Waals surface area contributed by atoms with Crippen molar-refractivity contribution in [2.75, 3.05) is 13.2 Å². The molecule has 12 N–H and O–H groups in total. The zero-order valence-corrected chi connectivity index (χ0v) is 46.3. The van der Waals surface area contributed by atoms with Crippen molar-refractivity contribution in [1.82, 2.24) is 26.6 Å². The fourth-order valence-electron chi connectivity index (χ4n) is 8.38. The molecule has 19 atom stereocenters. The summed E-state index contributed by atoms with van der Waals surface area (Å²) in [6.07, 6.45) is -31.4. The number of alkyl carbamates (subject to hydrolysis) is 5. The maximum absolute atomic E-state index is 13.7. The van der Waals surface area contributed by atoms with Gasteiger partial charge in [0.05, 0.1) is 24.8 Å². The van der Waals surface area contributed by atoms with E-state index in [-0.39, 0.29) is 0 Å². The van der Waals surface area contributed by atoms with E-state index in [0.29, 0.717) is 0 Å². The maximum Gasteiger partial charge on any atom is 0.408 e. The van der Waals surface area contributed by atoms with Crippen molar-refractivity contribution in [3.63, 3.8) is 0 Å². The van der Waals surface area contributed by atoms with Crippen LogP contribution in [0.25, 0.3) is 0 Å². The van der Waals surface area contributed by atoms with E-state index in [2.05, 4.69) is 26.6 Å². The summed E-state index contributed by atoms with van der Waals surface area (Å²) < 4.78 is 64.4. The molecule has 4 rings (SSSR count). The summed E-state index contributed by atoms with van der Waals surface area (Å²) in [4.78, 5) is 66.2. The summed E-state index contributed by atoms with van der Waals surface area (Å²) in [5, 5.41) is 92.6. The standard InChI is InChI=1S/C48H85N5O23/c1-20-27(55)30(58)25(52-42(64)75-47(11,12)13)36(66-20)70-34-24(19-54)68-38(32(34)60)71-35-28(56)21(50-40(62)73-45(5,6)7)17-22(51-41(63)74-46(8,9)10)33(35)69-37-26(53-43(65)76-48(14,15)16)31(59)29(57)23(67-37)18-49-39(61)72-44(2,3)4/h20-38,54-60H,17-19H2,1-16H3,(H,49,61)(H,50,62)(H,51,63)(H,52,64)(H,53,65). The van der Waals surface area contributed by atoms with Crippen LogP contribution in [0, 0.1) is 0 Å². The molecule has 0 aromatic carbocycles. The Bertz CT molecular complexity index is 1950. The van der Waals surface area contributed by atoms with Crippen LogP contribution in [0.5, 0.6) is 0 Å². The van der Waals surface area contributed by atoms with Gasteiger partial charge in [-0.05, 0) is 117 Å². The number of hydrogen-bond acceptors (Lipinski definition) is 23. The Labute approximate surface area is 442 Å². The quantitative estimate of drug-likeness (QED) is 0.108. The van der Waals surface area contributed by atoms with E-state index < -0.39 is 194 Å². The number of nitrogens with one attached hydrogen (secondary N) is 5. The van der Waals surface area contributed by atoms with Crippen molar-refractivity contribution in [1.29, 1.82) is 0 Å². The Kier molecular flexibility index (Phi) is 21.4. The second kappa shape index (κ2) is 25.3. The van der Waals surface area contributed by atoms with Crippen LogP contribution in [-0.2, 0) is 52.1 Å². The molecule has 0 aromatic heterocycles. The SMILES string of the molecule is CC1OC(OC2C(CO)OC(OC3C(O)C(NC(=O)OC(C)(C)C)CC(NC(=O)OC(C)(C)C)C3OC3OC(CNC(=O)OC(C)(C)C)C(O)C(O)C3NC(=O)OC(C)(C)C)C2O)C(NC(=O)OC(C)(C)C)C(O)C1O. The molecule has 3 heterocycles. The second-order valence-electron chi connectivity index (χ2n) is 24.2. The molecule has 0 radical (unpaired) electrons. The minimum absolute atomic E-state index is 0.396. The molecule has 3 saturated heterocycles. The number of aliphatic hydroxyl groups is 7. The van der Waals surface area contributed by atoms with Crippen molar-refractivity contribution in [3.05, 3.63) is 0 Å². The third-order valence-corrected chi connectivity index (χ3v) is 11.5. The van der Waals surface area contributed by atoms with Crippen molar-refractivity contribution in [3.8, 4) is 0 Å². The van der Waals surface area contributed by atoms with Gasteiger partial charge in [-0.15, -0.1) is 0 Å². The lowest BCUT2D eigenvalue weighted by molar-refractivity contribution is -0.311. The average Bonchev–Trinajstić information content (AvgIpc) is 3.52. The van der Waals surface area contributed by atoms with E-state index in [1.807, 2.05) is 0 Å². The summed E-state index contributed by atoms with van der Waals surface area (Å²) in [5.74, 6) is 0. The summed E-state index contributed by atoms with van der Waals surface area (Å²) in [5.41, 5.74) is -5.16. The molecule has 0 spiro atoms. The van der Waals surface area contributed by atoms with Crippen LogP contribution in [0.2, 0.25) is 0 Å². The minimum atomic E-state index is -1.96. The van der Waals surface area contributed by atoms with Crippen molar-refractivity contribution >= 4 is 30.5 Å². The number of hydrogen-bond donors (Lipinski definition) is 12. The van der Waals surface area contributed by atoms with Crippen LogP contribution < -0.4 is 26.6 Å². The number of carbonyl (C=O) groups excluding carboxylic acids is 5. The first-order valence-electron chi connectivity index (χ1n) is 25.2. The molecule has 440 valence electrons. The number of rotatable bonds is 13. The third-order valence-electron chi connectivity index (χ3n) is 11.5. The maximum atomic E-state index is 13.7. The fraction of sp³-hybridized carbons (Fsp3) is 0.896. The van der Waals surface area contributed by atoms with Gasteiger partial charge in [-0.3, -0.25) is 0 Å². The second-order valence-corrected chi connectivity index (χ2v) is 24.2. The van der Waals surface area contributed by atoms with Crippen LogP contribution in [0.15, 0.2) is 0 Å². The van der Waals surface area contributed by atoms with Gasteiger partial charge in [0.1, 0.15) is 107 Å². The molecule has 19 unspecified atom stereocenters. The monoisotopic (exact) mass is 1100 g/mol. The first kappa shape index (κ1) is 64.4. The van der Waals surface area contributed by atoms with Crippen LogP contribution in [-0.4, -0.2) is 224 Å². The summed E-state index contributed by atoms with van der Waals surface area (Å²) in [6.45, 7) is 23.8. The lowest BCUT2D eigenvalue weighted by Gasteiger charge is -2.49. The Hall–Kier alpha value is -4.17. The normalized spacial score (nSPS) is 35.5. The molecule has 0 aromatic rings. The molecule has 5 amide bonds. The highest BCUT2D eigenvalue weighted by Gasteiger charge is 2.57. The van der Waals surface area contributed by atoms with Crippen LogP contribution in [0.3, 0.4) is 0 Å². The van der Waals surface area contributed by atoms with E-state index >= 15 is 0 Å². The van der Waals surface area contributed by atoms with Crippen molar-refractivity contribution in [2.45, 2.75) is 261 Å². The van der Waals surface area contributed by atoms with E-state index in [1.54, 1.807) is 104 Å². The van der Waals surface area contributed by atoms with Crippen LogP contribution in [0.4, 0.5) is 24.0 Å². The number of carbonyl (C=O) groups is 5. The van der Waals surface area contributed by atoms with Gasteiger partial charge < -0.3 is 114 Å². The molecule has 28 heteroatoms. The number of aliphatic hydroxyl groups excluding tert-OH is 7. The van der Waals surface area contributed by atoms with Gasteiger partial charge in [0.15, 0.2) is 18.9 Å². The molecule has 4 aliphatic rings. The first-order valence-corrected chi connectivity index (χ1v) is 25.2. The summed E-state index contributed by atoms with van der Waals surface area (Å²) in [7, 11) is 0. The first-order chi connectivity index (χ1) is 34.7. The largest absolute Gasteiger partial charge is 0.444 e. The molecule has 1 aliphatic carbocycles. The zero-order valence-electron chi connectivity index (χ0n) is 46.3. The Morgan fingerprint density at radius 1 is 0.434 bits per heavy atom. The molecule has 76 heavy (non-hydrogen) atoms. The number of ether oxygens (including phenoxy) is 11. The fourth-order valence-corrected chi connectivity index (χ4v) is 8.38. The third kappa shape index (κ3) is 19.0. The molecular formula is C48H85N5O23. The van der Waals surface area contributed by atoms with Gasteiger partial charge in [0.2, 0.25) is 0 Å². The van der Waals surface area contributed by atoms with Gasteiger partial charge in [-0.25, -0.2) is 24.0 Å². The average molecular weight is 1100 g/mol. The van der Waals surface area contributed by atoms with Crippen LogP contribution >= 0.6 is 0 Å². The van der Waals surface area contributed by atoms with E-state index in [0.717, 1.165) is 0 Å². The molecular weight excluding hydrogens is 1010 g/mol. The molecule has 0 bridgehead atoms. The summed E-state index contributed by atoms with van der Waals surface area (Å²) >= 11 is 0. The highest BCUT2D eigenvalue weighted by molar-refractivity contribution is 5.70. The smallest absolute Gasteiger partial charge is 0.408 e. The summed E-state index contributed by atoms with van der Waals surface area (Å²) in [6, 6.07) is -6.11. The predicted octanol–water partition coefficient (Wildman–Crippen LogP) is -0.00410. The highest BCUT2D eigenvalue weighted by atomic mass is 16.8. The molecule has 1 saturated carbocycles. The minimum Gasteiger partial charge on any atom is -0.444 e. The Morgan fingerprint density at radius 2 is 0.816 bits per heavy atom. The molecule has 28 nitrogen and oxygen atoms in total. The van der Waals surface area contributed by atoms with E-state index in [4.69, 9.17) is 52.1 Å². The van der Waals surface area contributed by atoms with Gasteiger partial charge in [0.25, 0.3) is 0 Å². The van der Waals surface area contributed by atoms with Gasteiger partial charge in [-0.1, -0.05) is 0 Å². The Morgan fingerprint density at radius 3 is 1.28 bits per heavy atom. The topological polar surface area (TPSA) is 389 Å². The van der Waals surface area contributed by atoms with Crippen LogP contribution in [0.1, 0.15) is 117 Å². The lowest BCUT2D eigenvalue weighted by Crippen LogP contribution is -2.70. The van der Waals surface area contributed by atoms with Crippen molar-refractivity contribution < 1.29 is 112 Å². The van der Waals surface area contributed by atoms with Crippen molar-refractivity contribution in [2.24, 2.45) is 0 Å². The number of amides is 5. The zero-order chi connectivity index (χ0) is 57.8. The Balaban J connectivity index is 1.82. The molecule has 3 aliphatic heterocycles.